The Morgan fingerprint density at radius 2 is 2.31 bits per heavy atom. The van der Waals surface area contributed by atoms with E-state index in [1.165, 1.54) is 22.7 Å². The van der Waals surface area contributed by atoms with Gasteiger partial charge in [0.25, 0.3) is 0 Å². The fourth-order valence-electron chi connectivity index (χ4n) is 1.39. The minimum atomic E-state index is -0.358. The lowest BCUT2D eigenvalue weighted by molar-refractivity contribution is 0.0958. The maximum Gasteiger partial charge on any atom is 0.0959 e. The Morgan fingerprint density at radius 1 is 1.62 bits per heavy atom. The molecule has 1 heterocycles. The Balaban J connectivity index is 1.89. The topological polar surface area (TPSA) is 45.1 Å². The van der Waals surface area contributed by atoms with Gasteiger partial charge in [-0.1, -0.05) is 0 Å². The predicted molar refractivity (Wildman–Crippen MR) is 66.7 cm³/mol. The number of aliphatic hydroxyl groups is 1. The summed E-state index contributed by atoms with van der Waals surface area (Å²) in [5.74, 6) is 0.739. The molecule has 1 aliphatic rings. The van der Waals surface area contributed by atoms with Gasteiger partial charge in [0.05, 0.1) is 11.1 Å². The van der Waals surface area contributed by atoms with Crippen LogP contribution in [0.3, 0.4) is 0 Å². The Morgan fingerprint density at radius 3 is 2.88 bits per heavy atom. The molecule has 0 aliphatic heterocycles. The number of aromatic nitrogens is 1. The minimum Gasteiger partial charge on any atom is -0.392 e. The number of hydrogen-bond acceptors (Lipinski definition) is 4. The van der Waals surface area contributed by atoms with Crippen molar-refractivity contribution in [3.63, 3.8) is 0 Å². The summed E-state index contributed by atoms with van der Waals surface area (Å²) in [6.07, 6.45) is 4.21. The lowest BCUT2D eigenvalue weighted by atomic mass is 9.99. The maximum atomic E-state index is 9.59. The molecule has 3 nitrogen and oxygen atoms in total. The fraction of sp³-hybridized carbons (Fsp3) is 0.750. The molecule has 0 radical (unpaired) electrons. The number of hydrogen-bond donors (Lipinski definition) is 2. The summed E-state index contributed by atoms with van der Waals surface area (Å²) in [7, 11) is 0. The average molecular weight is 240 g/mol. The molecular weight excluding hydrogens is 220 g/mol. The third-order valence-corrected chi connectivity index (χ3v) is 4.42. The molecule has 2 N–H and O–H groups in total. The molecule has 1 aliphatic carbocycles. The van der Waals surface area contributed by atoms with Crippen molar-refractivity contribution in [2.24, 2.45) is 0 Å². The first-order chi connectivity index (χ1) is 7.49. The number of aliphatic hydroxyl groups excluding tert-OH is 1. The lowest BCUT2D eigenvalue weighted by Gasteiger charge is -2.29. The van der Waals surface area contributed by atoms with E-state index in [-0.39, 0.29) is 11.6 Å². The molecule has 1 aromatic heterocycles. The van der Waals surface area contributed by atoms with E-state index < -0.39 is 0 Å². The molecule has 1 atom stereocenters. The van der Waals surface area contributed by atoms with Crippen LogP contribution in [0.2, 0.25) is 0 Å². The van der Waals surface area contributed by atoms with Crippen LogP contribution >= 0.6 is 11.3 Å². The van der Waals surface area contributed by atoms with Gasteiger partial charge in [0.2, 0.25) is 0 Å². The van der Waals surface area contributed by atoms with Crippen LogP contribution in [0.15, 0.2) is 6.20 Å². The number of nitrogens with one attached hydrogen (secondary N) is 1. The smallest absolute Gasteiger partial charge is 0.0959 e. The summed E-state index contributed by atoms with van der Waals surface area (Å²) in [6.45, 7) is 6.64. The average Bonchev–Trinajstić information content (AvgIpc) is 2.95. The monoisotopic (exact) mass is 240 g/mol. The predicted octanol–water partition coefficient (Wildman–Crippen LogP) is 2.27. The standard InChI is InChI=1S/C12H20N2OS/c1-8(15)12(2,3)14-7-10-6-13-11(16-10)9-4-5-9/h6,8-9,14-15H,4-5,7H2,1-3H3. The van der Waals surface area contributed by atoms with Gasteiger partial charge in [-0.15, -0.1) is 11.3 Å². The van der Waals surface area contributed by atoms with Gasteiger partial charge < -0.3 is 10.4 Å². The molecule has 0 amide bonds. The molecule has 1 aromatic rings. The van der Waals surface area contributed by atoms with E-state index in [0.29, 0.717) is 0 Å². The van der Waals surface area contributed by atoms with Gasteiger partial charge in [0.1, 0.15) is 0 Å². The molecule has 1 unspecified atom stereocenters. The highest BCUT2D eigenvalue weighted by atomic mass is 32.1. The summed E-state index contributed by atoms with van der Waals surface area (Å²) >= 11 is 1.80. The number of thiazole rings is 1. The van der Waals surface area contributed by atoms with Gasteiger partial charge in [0, 0.05) is 29.1 Å². The van der Waals surface area contributed by atoms with Crippen molar-refractivity contribution in [3.05, 3.63) is 16.1 Å². The molecule has 1 saturated carbocycles. The van der Waals surface area contributed by atoms with Crippen LogP contribution in [0.25, 0.3) is 0 Å². The third-order valence-electron chi connectivity index (χ3n) is 3.26. The number of nitrogens with zero attached hydrogens (tertiary/aromatic N) is 1. The minimum absolute atomic E-state index is 0.246. The molecule has 0 bridgehead atoms. The van der Waals surface area contributed by atoms with Gasteiger partial charge in [0.15, 0.2) is 0 Å². The van der Waals surface area contributed by atoms with Gasteiger partial charge in [-0.05, 0) is 33.6 Å². The van der Waals surface area contributed by atoms with Crippen LogP contribution in [-0.4, -0.2) is 21.7 Å². The van der Waals surface area contributed by atoms with E-state index in [1.807, 2.05) is 27.0 Å². The summed E-state index contributed by atoms with van der Waals surface area (Å²) in [5, 5.41) is 14.2. The molecule has 0 aromatic carbocycles. The molecule has 4 heteroatoms. The van der Waals surface area contributed by atoms with Crippen molar-refractivity contribution in [3.8, 4) is 0 Å². The SMILES string of the molecule is CC(O)C(C)(C)NCc1cnc(C2CC2)s1. The van der Waals surface area contributed by atoms with E-state index in [2.05, 4.69) is 10.3 Å². The molecule has 1 fully saturated rings. The Bertz CT molecular complexity index is 356. The molecular formula is C12H20N2OS. The van der Waals surface area contributed by atoms with Crippen LogP contribution in [0.1, 0.15) is 49.4 Å². The zero-order valence-corrected chi connectivity index (χ0v) is 11.0. The molecule has 16 heavy (non-hydrogen) atoms. The van der Waals surface area contributed by atoms with Crippen LogP contribution in [0.4, 0.5) is 0 Å². The second kappa shape index (κ2) is 4.43. The van der Waals surface area contributed by atoms with Gasteiger partial charge in [-0.25, -0.2) is 4.98 Å². The van der Waals surface area contributed by atoms with E-state index >= 15 is 0 Å². The van der Waals surface area contributed by atoms with Crippen LogP contribution < -0.4 is 5.32 Å². The second-order valence-corrected chi connectivity index (χ2v) is 6.34. The van der Waals surface area contributed by atoms with E-state index in [4.69, 9.17) is 0 Å². The van der Waals surface area contributed by atoms with Crippen molar-refractivity contribution >= 4 is 11.3 Å². The van der Waals surface area contributed by atoms with Gasteiger partial charge >= 0.3 is 0 Å². The summed E-state index contributed by atoms with van der Waals surface area (Å²) < 4.78 is 0. The van der Waals surface area contributed by atoms with E-state index in [9.17, 15) is 5.11 Å². The fourth-order valence-corrected chi connectivity index (χ4v) is 2.41. The van der Waals surface area contributed by atoms with Crippen molar-refractivity contribution < 1.29 is 5.11 Å². The Kier molecular flexibility index (Phi) is 3.33. The van der Waals surface area contributed by atoms with Crippen molar-refractivity contribution in [2.75, 3.05) is 0 Å². The first-order valence-corrected chi connectivity index (χ1v) is 6.68. The first-order valence-electron chi connectivity index (χ1n) is 5.87. The van der Waals surface area contributed by atoms with Gasteiger partial charge in [-0.2, -0.15) is 0 Å². The third kappa shape index (κ3) is 2.81. The highest BCUT2D eigenvalue weighted by Crippen LogP contribution is 2.41. The Labute approximate surface area is 101 Å². The zero-order valence-electron chi connectivity index (χ0n) is 10.2. The van der Waals surface area contributed by atoms with Crippen molar-refractivity contribution in [2.45, 2.75) is 57.7 Å². The van der Waals surface area contributed by atoms with Crippen LogP contribution in [0, 0.1) is 0 Å². The molecule has 0 saturated heterocycles. The first kappa shape index (κ1) is 12.0. The quantitative estimate of drug-likeness (QED) is 0.830. The highest BCUT2D eigenvalue weighted by Gasteiger charge is 2.27. The van der Waals surface area contributed by atoms with E-state index in [0.717, 1.165) is 12.5 Å². The largest absolute Gasteiger partial charge is 0.392 e. The van der Waals surface area contributed by atoms with Crippen LogP contribution in [0.5, 0.6) is 0 Å². The van der Waals surface area contributed by atoms with Gasteiger partial charge in [-0.3, -0.25) is 0 Å². The molecule has 2 rings (SSSR count). The highest BCUT2D eigenvalue weighted by molar-refractivity contribution is 7.11. The summed E-state index contributed by atoms with van der Waals surface area (Å²) in [6, 6.07) is 0. The summed E-state index contributed by atoms with van der Waals surface area (Å²) in [4.78, 5) is 5.70. The normalized spacial score (nSPS) is 18.8. The van der Waals surface area contributed by atoms with Crippen molar-refractivity contribution in [1.29, 1.82) is 0 Å². The molecule has 90 valence electrons. The van der Waals surface area contributed by atoms with Crippen LogP contribution in [-0.2, 0) is 6.54 Å². The summed E-state index contributed by atoms with van der Waals surface area (Å²) in [5.41, 5.74) is -0.246. The lowest BCUT2D eigenvalue weighted by Crippen LogP contribution is -2.47. The molecule has 0 spiro atoms. The zero-order chi connectivity index (χ0) is 11.8. The second-order valence-electron chi connectivity index (χ2n) is 5.19. The van der Waals surface area contributed by atoms with Crippen molar-refractivity contribution in [1.82, 2.24) is 10.3 Å². The Hall–Kier alpha value is -0.450. The number of rotatable bonds is 5. The maximum absolute atomic E-state index is 9.59. The van der Waals surface area contributed by atoms with E-state index in [1.54, 1.807) is 11.3 Å².